The molecule has 1 aliphatic carbocycles. The Morgan fingerprint density at radius 2 is 1.95 bits per heavy atom. The first-order valence-electron chi connectivity index (χ1n) is 14.0. The second-order valence-electron chi connectivity index (χ2n) is 10.3. The van der Waals surface area contributed by atoms with Gasteiger partial charge in [-0.1, -0.05) is 50.5 Å². The molecule has 0 aromatic heterocycles. The zero-order valence-electron chi connectivity index (χ0n) is 22.2. The number of esters is 1. The van der Waals surface area contributed by atoms with Crippen LogP contribution in [0.1, 0.15) is 87.9 Å². The number of hydrogen-bond donors (Lipinski definition) is 2. The summed E-state index contributed by atoms with van der Waals surface area (Å²) in [6.45, 7) is 6.60. The molecule has 2 aliphatic rings. The van der Waals surface area contributed by atoms with Gasteiger partial charge in [0.2, 0.25) is 0 Å². The zero-order chi connectivity index (χ0) is 26.5. The first-order chi connectivity index (χ1) is 18.0. The number of aliphatic hydroxyl groups excluding tert-OH is 2. The van der Waals surface area contributed by atoms with Gasteiger partial charge in [0.25, 0.3) is 0 Å². The van der Waals surface area contributed by atoms with E-state index < -0.39 is 12.2 Å². The van der Waals surface area contributed by atoms with E-state index in [0.29, 0.717) is 38.7 Å². The highest BCUT2D eigenvalue weighted by atomic mass is 35.5. The molecular formula is C30H44ClNO5. The molecule has 0 bridgehead atoms. The third-order valence-electron chi connectivity index (χ3n) is 7.51. The van der Waals surface area contributed by atoms with Crippen LogP contribution in [0.5, 0.6) is 0 Å². The van der Waals surface area contributed by atoms with Crippen molar-refractivity contribution in [2.24, 2.45) is 5.92 Å². The van der Waals surface area contributed by atoms with Gasteiger partial charge < -0.3 is 19.7 Å². The molecule has 2 N–H and O–H groups in total. The van der Waals surface area contributed by atoms with Crippen LogP contribution >= 0.6 is 11.6 Å². The molecule has 6 nitrogen and oxygen atoms in total. The first kappa shape index (κ1) is 29.9. The van der Waals surface area contributed by atoms with E-state index in [-0.39, 0.29) is 23.2 Å². The second-order valence-corrected chi connectivity index (χ2v) is 10.8. The summed E-state index contributed by atoms with van der Waals surface area (Å²) in [4.78, 5) is 14.2. The van der Waals surface area contributed by atoms with Crippen molar-refractivity contribution < 1.29 is 24.5 Å². The molecule has 0 radical (unpaired) electrons. The second kappa shape index (κ2) is 16.4. The third kappa shape index (κ3) is 9.89. The Kier molecular flexibility index (Phi) is 13.2. The normalized spacial score (nSPS) is 24.9. The molecule has 37 heavy (non-hydrogen) atoms. The van der Waals surface area contributed by atoms with Crippen LogP contribution in [0.4, 0.5) is 0 Å². The van der Waals surface area contributed by atoms with Crippen molar-refractivity contribution in [3.63, 3.8) is 0 Å². The van der Waals surface area contributed by atoms with Gasteiger partial charge in [-0.05, 0) is 36.3 Å². The number of carbonyl (C=O) groups is 1. The Labute approximate surface area is 227 Å². The van der Waals surface area contributed by atoms with Gasteiger partial charge in [0.05, 0.1) is 25.4 Å². The number of halogens is 1. The lowest BCUT2D eigenvalue weighted by Gasteiger charge is -2.26. The van der Waals surface area contributed by atoms with Crippen LogP contribution in [0.3, 0.4) is 0 Å². The zero-order valence-corrected chi connectivity index (χ0v) is 23.0. The molecule has 1 aromatic carbocycles. The van der Waals surface area contributed by atoms with Gasteiger partial charge >= 0.3 is 5.97 Å². The molecule has 5 atom stereocenters. The highest BCUT2D eigenvalue weighted by Crippen LogP contribution is 2.44. The van der Waals surface area contributed by atoms with Crippen LogP contribution in [0.25, 0.3) is 0 Å². The summed E-state index contributed by atoms with van der Waals surface area (Å²) in [5.41, 5.74) is 1.97. The summed E-state index contributed by atoms with van der Waals surface area (Å²) in [5, 5.41) is 21.0. The van der Waals surface area contributed by atoms with Gasteiger partial charge in [-0.2, -0.15) is 0 Å². The number of nitrogens with zero attached hydrogens (tertiary/aromatic N) is 1. The lowest BCUT2D eigenvalue weighted by molar-refractivity contribution is -0.144. The minimum absolute atomic E-state index is 0.0645. The summed E-state index contributed by atoms with van der Waals surface area (Å²) in [5.74, 6) is 6.24. The summed E-state index contributed by atoms with van der Waals surface area (Å²) in [6.07, 6.45) is 5.96. The van der Waals surface area contributed by atoms with E-state index in [9.17, 15) is 15.0 Å². The Morgan fingerprint density at radius 3 is 2.68 bits per heavy atom. The van der Waals surface area contributed by atoms with E-state index in [0.717, 1.165) is 69.7 Å². The van der Waals surface area contributed by atoms with Gasteiger partial charge in [0.15, 0.2) is 0 Å². The number of aliphatic hydroxyl groups is 2. The van der Waals surface area contributed by atoms with Crippen molar-refractivity contribution in [2.45, 2.75) is 88.2 Å². The summed E-state index contributed by atoms with van der Waals surface area (Å²) < 4.78 is 10.7. The predicted octanol–water partition coefficient (Wildman–Crippen LogP) is 4.81. The molecule has 0 spiro atoms. The summed E-state index contributed by atoms with van der Waals surface area (Å²) in [7, 11) is 0. The molecule has 2 unspecified atom stereocenters. The van der Waals surface area contributed by atoms with E-state index in [1.54, 1.807) is 0 Å². The standard InChI is InChI=1S/C30H44ClNO5/c1-2-3-6-10-27(33)23-12-14-24(15-13-23)30-25(26(31)22-28(30)34)9-7-4-5-8-11-29(35)37-21-18-32-16-19-36-20-17-32/h12-15,25-28,30,33-34H,2-3,5-6,8-11,16-22H2,1H3/t25?,26-,27+,28-,30?/m1/s1. The number of ether oxygens (including phenoxy) is 2. The Morgan fingerprint density at radius 1 is 1.19 bits per heavy atom. The fourth-order valence-electron chi connectivity index (χ4n) is 5.27. The molecular weight excluding hydrogens is 490 g/mol. The highest BCUT2D eigenvalue weighted by Gasteiger charge is 2.41. The van der Waals surface area contributed by atoms with E-state index in [2.05, 4.69) is 23.7 Å². The number of alkyl halides is 1. The molecule has 1 saturated heterocycles. The Bertz CT molecular complexity index is 861. The number of carbonyl (C=O) groups excluding carboxylic acids is 1. The molecule has 1 heterocycles. The summed E-state index contributed by atoms with van der Waals surface area (Å²) in [6, 6.07) is 7.99. The quantitative estimate of drug-likeness (QED) is 0.164. The van der Waals surface area contributed by atoms with Gasteiger partial charge in [-0.15, -0.1) is 23.4 Å². The molecule has 206 valence electrons. The van der Waals surface area contributed by atoms with Gasteiger partial charge in [-0.3, -0.25) is 9.69 Å². The molecule has 0 amide bonds. The van der Waals surface area contributed by atoms with Gasteiger partial charge in [-0.25, -0.2) is 0 Å². The molecule has 3 rings (SSSR count). The van der Waals surface area contributed by atoms with Crippen molar-refractivity contribution in [2.75, 3.05) is 39.5 Å². The molecule has 1 saturated carbocycles. The lowest BCUT2D eigenvalue weighted by Crippen LogP contribution is -2.38. The van der Waals surface area contributed by atoms with Crippen LogP contribution in [0, 0.1) is 17.8 Å². The van der Waals surface area contributed by atoms with Crippen LogP contribution in [0.15, 0.2) is 24.3 Å². The highest BCUT2D eigenvalue weighted by molar-refractivity contribution is 6.21. The predicted molar refractivity (Wildman–Crippen MR) is 147 cm³/mol. The maximum atomic E-state index is 12.0. The van der Waals surface area contributed by atoms with Crippen LogP contribution in [-0.4, -0.2) is 72.0 Å². The monoisotopic (exact) mass is 533 g/mol. The molecule has 1 aliphatic heterocycles. The van der Waals surface area contributed by atoms with Crippen molar-refractivity contribution in [1.82, 2.24) is 4.90 Å². The maximum Gasteiger partial charge on any atom is 0.305 e. The molecule has 7 heteroatoms. The third-order valence-corrected chi connectivity index (χ3v) is 8.02. The number of benzene rings is 1. The van der Waals surface area contributed by atoms with Crippen LogP contribution in [0.2, 0.25) is 0 Å². The van der Waals surface area contributed by atoms with Crippen LogP contribution in [-0.2, 0) is 14.3 Å². The molecule has 1 aromatic rings. The SMILES string of the molecule is CCCCC[C@H](O)c1ccc(C2C(CC#CCCCC(=O)OCCN3CCOCC3)[C@H](Cl)C[C@H]2O)cc1. The van der Waals surface area contributed by atoms with Crippen molar-refractivity contribution in [3.05, 3.63) is 35.4 Å². The lowest BCUT2D eigenvalue weighted by atomic mass is 9.85. The fourth-order valence-corrected chi connectivity index (χ4v) is 5.69. The minimum atomic E-state index is -0.498. The van der Waals surface area contributed by atoms with E-state index in [1.807, 2.05) is 24.3 Å². The topological polar surface area (TPSA) is 79.2 Å². The Balaban J connectivity index is 1.40. The van der Waals surface area contributed by atoms with Crippen molar-refractivity contribution in [3.8, 4) is 11.8 Å². The van der Waals surface area contributed by atoms with Gasteiger partial charge in [0, 0.05) is 50.2 Å². The minimum Gasteiger partial charge on any atom is -0.464 e. The number of morpholine rings is 1. The number of rotatable bonds is 13. The van der Waals surface area contributed by atoms with E-state index in [4.69, 9.17) is 21.1 Å². The number of hydrogen-bond acceptors (Lipinski definition) is 6. The van der Waals surface area contributed by atoms with Crippen molar-refractivity contribution in [1.29, 1.82) is 0 Å². The van der Waals surface area contributed by atoms with Crippen molar-refractivity contribution >= 4 is 17.6 Å². The van der Waals surface area contributed by atoms with Crippen LogP contribution < -0.4 is 0 Å². The summed E-state index contributed by atoms with van der Waals surface area (Å²) >= 11 is 6.62. The van der Waals surface area contributed by atoms with E-state index in [1.165, 1.54) is 0 Å². The average Bonchev–Trinajstić information content (AvgIpc) is 3.19. The Hall–Kier alpha value is -1.62. The molecule has 2 fully saturated rings. The van der Waals surface area contributed by atoms with Gasteiger partial charge in [0.1, 0.15) is 6.61 Å². The number of unbranched alkanes of at least 4 members (excludes halogenated alkanes) is 3. The largest absolute Gasteiger partial charge is 0.464 e. The smallest absolute Gasteiger partial charge is 0.305 e. The first-order valence-corrected chi connectivity index (χ1v) is 14.4. The maximum absolute atomic E-state index is 12.0. The van der Waals surface area contributed by atoms with E-state index >= 15 is 0 Å². The average molecular weight is 534 g/mol. The fraction of sp³-hybridized carbons (Fsp3) is 0.700.